The quantitative estimate of drug-likeness (QED) is 0.595. The van der Waals surface area contributed by atoms with Crippen LogP contribution in [0, 0.1) is 0 Å². The highest BCUT2D eigenvalue weighted by Crippen LogP contribution is 2.31. The van der Waals surface area contributed by atoms with Crippen molar-refractivity contribution in [2.24, 2.45) is 7.05 Å². The standard InChI is InChI=1S/C20H20N4O2/c1-3-24-17-7-5-4-6-15(17)16-10-14(8-9-18(16)24)22-20(26)19(25)13-11-21-23(2)12-13/h4-12,19,25H,3H2,1-2H3,(H,22,26)/t19-/m0/s1. The number of anilines is 1. The summed E-state index contributed by atoms with van der Waals surface area (Å²) in [6.07, 6.45) is 1.86. The Balaban J connectivity index is 1.69. The SMILES string of the molecule is CCn1c2ccccc2c2cc(NC(=O)[C@@H](O)c3cnn(C)c3)ccc21. The Morgan fingerprint density at radius 3 is 2.69 bits per heavy atom. The molecule has 1 atom stereocenters. The van der Waals surface area contributed by atoms with Gasteiger partial charge in [-0.15, -0.1) is 0 Å². The van der Waals surface area contributed by atoms with Crippen LogP contribution in [-0.4, -0.2) is 25.4 Å². The van der Waals surface area contributed by atoms with Crippen molar-refractivity contribution in [3.63, 3.8) is 0 Å². The number of amides is 1. The molecule has 2 N–H and O–H groups in total. The van der Waals surface area contributed by atoms with Crippen molar-refractivity contribution >= 4 is 33.4 Å². The van der Waals surface area contributed by atoms with E-state index >= 15 is 0 Å². The molecule has 132 valence electrons. The Morgan fingerprint density at radius 2 is 1.96 bits per heavy atom. The third-order valence-electron chi connectivity index (χ3n) is 4.65. The molecule has 4 rings (SSSR count). The first kappa shape index (κ1) is 16.4. The molecule has 6 heteroatoms. The summed E-state index contributed by atoms with van der Waals surface area (Å²) in [6.45, 7) is 2.99. The number of benzene rings is 2. The molecule has 0 saturated carbocycles. The van der Waals surface area contributed by atoms with Crippen LogP contribution >= 0.6 is 0 Å². The number of carbonyl (C=O) groups excluding carboxylic acids is 1. The first-order valence-electron chi connectivity index (χ1n) is 8.57. The summed E-state index contributed by atoms with van der Waals surface area (Å²) < 4.78 is 3.80. The highest BCUT2D eigenvalue weighted by Gasteiger charge is 2.19. The van der Waals surface area contributed by atoms with Gasteiger partial charge in [0.15, 0.2) is 6.10 Å². The molecule has 0 fully saturated rings. The zero-order chi connectivity index (χ0) is 18.3. The van der Waals surface area contributed by atoms with Gasteiger partial charge in [0, 0.05) is 52.8 Å². The molecular weight excluding hydrogens is 328 g/mol. The molecule has 6 nitrogen and oxygen atoms in total. The summed E-state index contributed by atoms with van der Waals surface area (Å²) in [5, 5.41) is 19.2. The van der Waals surface area contributed by atoms with E-state index in [4.69, 9.17) is 0 Å². The normalized spacial score (nSPS) is 12.6. The van der Waals surface area contributed by atoms with E-state index in [2.05, 4.69) is 34.0 Å². The van der Waals surface area contributed by atoms with Crippen molar-refractivity contribution in [3.8, 4) is 0 Å². The van der Waals surface area contributed by atoms with Crippen LogP contribution in [-0.2, 0) is 18.4 Å². The molecule has 2 aromatic carbocycles. The van der Waals surface area contributed by atoms with E-state index in [-0.39, 0.29) is 0 Å². The first-order valence-corrected chi connectivity index (χ1v) is 8.57. The first-order chi connectivity index (χ1) is 12.6. The van der Waals surface area contributed by atoms with Gasteiger partial charge in [0.05, 0.1) is 6.20 Å². The van der Waals surface area contributed by atoms with Gasteiger partial charge in [-0.1, -0.05) is 18.2 Å². The van der Waals surface area contributed by atoms with Crippen LogP contribution in [0.1, 0.15) is 18.6 Å². The number of nitrogens with one attached hydrogen (secondary N) is 1. The van der Waals surface area contributed by atoms with E-state index in [0.717, 1.165) is 22.8 Å². The second-order valence-electron chi connectivity index (χ2n) is 6.33. The van der Waals surface area contributed by atoms with Crippen molar-refractivity contribution < 1.29 is 9.90 Å². The Morgan fingerprint density at radius 1 is 1.19 bits per heavy atom. The second kappa shape index (κ2) is 6.31. The number of para-hydroxylation sites is 1. The second-order valence-corrected chi connectivity index (χ2v) is 6.33. The number of nitrogens with zero attached hydrogens (tertiary/aromatic N) is 3. The number of rotatable bonds is 4. The molecule has 2 aromatic heterocycles. The van der Waals surface area contributed by atoms with Crippen LogP contribution in [0.3, 0.4) is 0 Å². The third-order valence-corrected chi connectivity index (χ3v) is 4.65. The van der Waals surface area contributed by atoms with Crippen LogP contribution in [0.15, 0.2) is 54.9 Å². The smallest absolute Gasteiger partial charge is 0.257 e. The van der Waals surface area contributed by atoms with E-state index < -0.39 is 12.0 Å². The molecular formula is C20H20N4O2. The Kier molecular flexibility index (Phi) is 3.97. The fourth-order valence-corrected chi connectivity index (χ4v) is 3.42. The van der Waals surface area contributed by atoms with Gasteiger partial charge in [0.1, 0.15) is 0 Å². The third kappa shape index (κ3) is 2.64. The molecule has 2 heterocycles. The van der Waals surface area contributed by atoms with Crippen molar-refractivity contribution in [1.82, 2.24) is 14.3 Å². The van der Waals surface area contributed by atoms with Crippen molar-refractivity contribution in [1.29, 1.82) is 0 Å². The summed E-state index contributed by atoms with van der Waals surface area (Å²) in [7, 11) is 1.74. The zero-order valence-corrected chi connectivity index (χ0v) is 14.7. The van der Waals surface area contributed by atoms with Gasteiger partial charge in [-0.05, 0) is 31.2 Å². The van der Waals surface area contributed by atoms with Crippen molar-refractivity contribution in [2.45, 2.75) is 19.6 Å². The van der Waals surface area contributed by atoms with E-state index in [9.17, 15) is 9.90 Å². The van der Waals surface area contributed by atoms with E-state index in [0.29, 0.717) is 11.3 Å². The molecule has 0 unspecified atom stereocenters. The van der Waals surface area contributed by atoms with Crippen LogP contribution in [0.5, 0.6) is 0 Å². The molecule has 0 bridgehead atoms. The summed E-state index contributed by atoms with van der Waals surface area (Å²) in [5.74, 6) is -0.475. The number of hydrogen-bond donors (Lipinski definition) is 2. The fourth-order valence-electron chi connectivity index (χ4n) is 3.42. The molecule has 1 amide bonds. The minimum atomic E-state index is -1.25. The van der Waals surface area contributed by atoms with Crippen LogP contribution < -0.4 is 5.32 Å². The van der Waals surface area contributed by atoms with Gasteiger partial charge in [0.25, 0.3) is 5.91 Å². The van der Waals surface area contributed by atoms with Crippen LogP contribution in [0.4, 0.5) is 5.69 Å². The maximum Gasteiger partial charge on any atom is 0.257 e. The molecule has 0 radical (unpaired) electrons. The number of aromatic nitrogens is 3. The number of aliphatic hydroxyl groups is 1. The zero-order valence-electron chi connectivity index (χ0n) is 14.7. The predicted octanol–water partition coefficient (Wildman–Crippen LogP) is 3.22. The van der Waals surface area contributed by atoms with Gasteiger partial charge in [-0.25, -0.2) is 0 Å². The summed E-state index contributed by atoms with van der Waals surface area (Å²) in [6, 6.07) is 14.0. The average Bonchev–Trinajstić information content (AvgIpc) is 3.22. The minimum absolute atomic E-state index is 0.466. The lowest BCUT2D eigenvalue weighted by Crippen LogP contribution is -2.20. The molecule has 0 saturated heterocycles. The number of hydrogen-bond acceptors (Lipinski definition) is 3. The largest absolute Gasteiger partial charge is 0.378 e. The molecule has 0 aliphatic heterocycles. The van der Waals surface area contributed by atoms with E-state index in [1.165, 1.54) is 11.7 Å². The van der Waals surface area contributed by atoms with Gasteiger partial charge in [-0.2, -0.15) is 5.10 Å². The molecule has 0 aliphatic carbocycles. The lowest BCUT2D eigenvalue weighted by atomic mass is 10.1. The monoisotopic (exact) mass is 348 g/mol. The molecule has 0 spiro atoms. The minimum Gasteiger partial charge on any atom is -0.378 e. The van der Waals surface area contributed by atoms with Crippen molar-refractivity contribution in [2.75, 3.05) is 5.32 Å². The summed E-state index contributed by atoms with van der Waals surface area (Å²) >= 11 is 0. The van der Waals surface area contributed by atoms with E-state index in [1.807, 2.05) is 30.3 Å². The van der Waals surface area contributed by atoms with Gasteiger partial charge in [-0.3, -0.25) is 9.48 Å². The maximum atomic E-state index is 12.4. The highest BCUT2D eigenvalue weighted by molar-refractivity contribution is 6.10. The maximum absolute atomic E-state index is 12.4. The topological polar surface area (TPSA) is 72.1 Å². The fraction of sp³-hybridized carbons (Fsp3) is 0.200. The molecule has 26 heavy (non-hydrogen) atoms. The Bertz CT molecular complexity index is 1110. The Hall–Kier alpha value is -3.12. The van der Waals surface area contributed by atoms with Crippen molar-refractivity contribution in [3.05, 3.63) is 60.4 Å². The van der Waals surface area contributed by atoms with Gasteiger partial charge >= 0.3 is 0 Å². The average molecular weight is 348 g/mol. The lowest BCUT2D eigenvalue weighted by Gasteiger charge is -2.10. The summed E-state index contributed by atoms with van der Waals surface area (Å²) in [5.41, 5.74) is 3.42. The van der Waals surface area contributed by atoms with Crippen LogP contribution in [0.25, 0.3) is 21.8 Å². The molecule has 0 aliphatic rings. The number of aliphatic hydroxyl groups excluding tert-OH is 1. The number of fused-ring (bicyclic) bond motifs is 3. The molecule has 4 aromatic rings. The van der Waals surface area contributed by atoms with Crippen LogP contribution in [0.2, 0.25) is 0 Å². The Labute approximate surface area is 150 Å². The van der Waals surface area contributed by atoms with E-state index in [1.54, 1.807) is 17.9 Å². The number of aryl methyl sites for hydroxylation is 2. The van der Waals surface area contributed by atoms with Gasteiger partial charge < -0.3 is 15.0 Å². The predicted molar refractivity (Wildman–Crippen MR) is 102 cm³/mol. The lowest BCUT2D eigenvalue weighted by molar-refractivity contribution is -0.124. The van der Waals surface area contributed by atoms with Gasteiger partial charge in [0.2, 0.25) is 0 Å². The summed E-state index contributed by atoms with van der Waals surface area (Å²) in [4.78, 5) is 12.4. The highest BCUT2D eigenvalue weighted by atomic mass is 16.3. The number of carbonyl (C=O) groups is 1.